The predicted octanol–water partition coefficient (Wildman–Crippen LogP) is 3.49. The van der Waals surface area contributed by atoms with Crippen molar-refractivity contribution in [2.75, 3.05) is 6.61 Å². The lowest BCUT2D eigenvalue weighted by atomic mass is 9.77. The summed E-state index contributed by atoms with van der Waals surface area (Å²) in [6.07, 6.45) is 0.652. The van der Waals surface area contributed by atoms with Crippen LogP contribution in [0.5, 0.6) is 5.75 Å². The summed E-state index contributed by atoms with van der Waals surface area (Å²) in [5.41, 5.74) is 5.45. The van der Waals surface area contributed by atoms with Crippen molar-refractivity contribution in [3.05, 3.63) is 29.3 Å². The summed E-state index contributed by atoms with van der Waals surface area (Å²) in [5, 5.41) is 0.691. The van der Waals surface area contributed by atoms with Crippen molar-refractivity contribution in [3.63, 3.8) is 0 Å². The van der Waals surface area contributed by atoms with Gasteiger partial charge >= 0.3 is 7.12 Å². The van der Waals surface area contributed by atoms with E-state index in [1.807, 2.05) is 39.8 Å². The van der Waals surface area contributed by atoms with Gasteiger partial charge in [-0.15, -0.1) is 12.4 Å². The van der Waals surface area contributed by atoms with Crippen LogP contribution in [0.3, 0.4) is 0 Å². The maximum absolute atomic E-state index is 6.16. The summed E-state index contributed by atoms with van der Waals surface area (Å²) >= 11 is 5.83. The predicted molar refractivity (Wildman–Crippen MR) is 92.9 cm³/mol. The van der Waals surface area contributed by atoms with E-state index in [1.54, 1.807) is 12.1 Å². The molecule has 2 rings (SSSR count). The summed E-state index contributed by atoms with van der Waals surface area (Å²) in [4.78, 5) is 0. The minimum atomic E-state index is -0.399. The molecule has 0 aromatic heterocycles. The molecule has 1 atom stereocenters. The van der Waals surface area contributed by atoms with Gasteiger partial charge in [0.25, 0.3) is 0 Å². The summed E-state index contributed by atoms with van der Waals surface area (Å²) < 4.78 is 17.5. The van der Waals surface area contributed by atoms with E-state index < -0.39 is 7.12 Å². The Hall–Kier alpha value is -0.455. The standard InChI is InChI=1S/C15H23BClNO3.ClH/c1-14(2)15(3,4)21-16(20-14)13(18)9-10-19-12-7-5-11(17)6-8-12;/h5-8,13H,9-10,18H2,1-4H3;1H/t13-;/m0./s1. The number of hydrogen-bond acceptors (Lipinski definition) is 4. The van der Waals surface area contributed by atoms with Crippen molar-refractivity contribution in [3.8, 4) is 5.75 Å². The molecule has 4 nitrogen and oxygen atoms in total. The van der Waals surface area contributed by atoms with Crippen molar-refractivity contribution < 1.29 is 14.0 Å². The fraction of sp³-hybridized carbons (Fsp3) is 0.600. The van der Waals surface area contributed by atoms with Crippen LogP contribution >= 0.6 is 24.0 Å². The molecule has 1 aromatic rings. The van der Waals surface area contributed by atoms with E-state index in [0.29, 0.717) is 18.1 Å². The van der Waals surface area contributed by atoms with Crippen molar-refractivity contribution in [2.45, 2.75) is 51.3 Å². The lowest BCUT2D eigenvalue weighted by Gasteiger charge is -2.32. The molecule has 0 aliphatic carbocycles. The second kappa shape index (κ2) is 7.41. The van der Waals surface area contributed by atoms with E-state index >= 15 is 0 Å². The minimum absolute atomic E-state index is 0. The first-order chi connectivity index (χ1) is 9.71. The second-order valence-corrected chi connectivity index (χ2v) is 6.82. The molecule has 2 N–H and O–H groups in total. The van der Waals surface area contributed by atoms with E-state index in [-0.39, 0.29) is 29.6 Å². The van der Waals surface area contributed by atoms with Gasteiger partial charge in [0.2, 0.25) is 0 Å². The Morgan fingerprint density at radius 3 is 2.14 bits per heavy atom. The van der Waals surface area contributed by atoms with Gasteiger partial charge in [-0.3, -0.25) is 0 Å². The Kier molecular flexibility index (Phi) is 6.60. The minimum Gasteiger partial charge on any atom is -0.494 e. The molecule has 0 unspecified atom stereocenters. The molecule has 1 aromatic carbocycles. The van der Waals surface area contributed by atoms with E-state index in [9.17, 15) is 0 Å². The SMILES string of the molecule is CC1(C)OB([C@@H](N)CCOc2ccc(Cl)cc2)OC1(C)C.Cl. The lowest BCUT2D eigenvalue weighted by molar-refractivity contribution is 0.00578. The summed E-state index contributed by atoms with van der Waals surface area (Å²) in [7, 11) is -0.399. The molecule has 22 heavy (non-hydrogen) atoms. The third-order valence-electron chi connectivity index (χ3n) is 4.15. The van der Waals surface area contributed by atoms with E-state index in [1.165, 1.54) is 0 Å². The largest absolute Gasteiger partial charge is 0.494 e. The van der Waals surface area contributed by atoms with Gasteiger partial charge in [0.05, 0.1) is 17.8 Å². The zero-order chi connectivity index (χ0) is 15.7. The van der Waals surface area contributed by atoms with Gasteiger partial charge in [-0.25, -0.2) is 0 Å². The number of ether oxygens (including phenoxy) is 1. The van der Waals surface area contributed by atoms with Crippen LogP contribution in [0.1, 0.15) is 34.1 Å². The van der Waals surface area contributed by atoms with Crippen LogP contribution in [0, 0.1) is 0 Å². The molecule has 0 amide bonds. The molecule has 1 saturated heterocycles. The van der Waals surface area contributed by atoms with E-state index in [4.69, 9.17) is 31.4 Å². The molecule has 1 aliphatic heterocycles. The third kappa shape index (κ3) is 4.52. The van der Waals surface area contributed by atoms with Gasteiger partial charge < -0.3 is 19.8 Å². The second-order valence-electron chi connectivity index (χ2n) is 6.38. The zero-order valence-electron chi connectivity index (χ0n) is 13.5. The van der Waals surface area contributed by atoms with Gasteiger partial charge in [0.1, 0.15) is 5.75 Å². The Morgan fingerprint density at radius 2 is 1.64 bits per heavy atom. The van der Waals surface area contributed by atoms with E-state index in [0.717, 1.165) is 5.75 Å². The quantitative estimate of drug-likeness (QED) is 0.828. The number of hydrogen-bond donors (Lipinski definition) is 1. The molecule has 0 spiro atoms. The molecule has 1 heterocycles. The Morgan fingerprint density at radius 1 is 1.14 bits per heavy atom. The maximum Gasteiger partial charge on any atom is 0.475 e. The first kappa shape index (κ1) is 19.6. The van der Waals surface area contributed by atoms with E-state index in [2.05, 4.69) is 0 Å². The smallest absolute Gasteiger partial charge is 0.475 e. The average molecular weight is 348 g/mol. The van der Waals surface area contributed by atoms with Crippen LogP contribution in [-0.4, -0.2) is 30.9 Å². The molecule has 0 saturated carbocycles. The van der Waals surface area contributed by atoms with Gasteiger partial charge in [-0.2, -0.15) is 0 Å². The number of nitrogens with two attached hydrogens (primary N) is 1. The van der Waals surface area contributed by atoms with Crippen LogP contribution in [0.2, 0.25) is 5.02 Å². The molecule has 1 aliphatic rings. The van der Waals surface area contributed by atoms with Crippen molar-refractivity contribution >= 4 is 31.1 Å². The highest BCUT2D eigenvalue weighted by molar-refractivity contribution is 6.47. The molecule has 0 radical (unpaired) electrons. The Bertz CT molecular complexity index is 466. The molecule has 124 valence electrons. The van der Waals surface area contributed by atoms with Crippen LogP contribution in [0.4, 0.5) is 0 Å². The van der Waals surface area contributed by atoms with Crippen molar-refractivity contribution in [1.82, 2.24) is 0 Å². The maximum atomic E-state index is 6.16. The summed E-state index contributed by atoms with van der Waals surface area (Å²) in [5.74, 6) is 0.555. The zero-order valence-corrected chi connectivity index (χ0v) is 15.0. The highest BCUT2D eigenvalue weighted by atomic mass is 35.5. The Labute approximate surface area is 144 Å². The molecular formula is C15H24BCl2NO3. The van der Waals surface area contributed by atoms with Gasteiger partial charge in [0.15, 0.2) is 0 Å². The molecule has 1 fully saturated rings. The molecule has 0 bridgehead atoms. The first-order valence-corrected chi connectivity index (χ1v) is 7.59. The number of benzene rings is 1. The fourth-order valence-electron chi connectivity index (χ4n) is 2.04. The average Bonchev–Trinajstić information content (AvgIpc) is 2.61. The van der Waals surface area contributed by atoms with Crippen LogP contribution in [-0.2, 0) is 9.31 Å². The summed E-state index contributed by atoms with van der Waals surface area (Å²) in [6.45, 7) is 8.58. The first-order valence-electron chi connectivity index (χ1n) is 7.21. The number of halogens is 2. The Balaban J connectivity index is 0.00000242. The monoisotopic (exact) mass is 347 g/mol. The van der Waals surface area contributed by atoms with Crippen LogP contribution < -0.4 is 10.5 Å². The molecular weight excluding hydrogens is 324 g/mol. The van der Waals surface area contributed by atoms with Gasteiger partial charge in [-0.05, 0) is 58.4 Å². The normalized spacial score (nSPS) is 20.4. The highest BCUT2D eigenvalue weighted by Gasteiger charge is 2.52. The van der Waals surface area contributed by atoms with Crippen molar-refractivity contribution in [1.29, 1.82) is 0 Å². The van der Waals surface area contributed by atoms with Gasteiger partial charge in [0, 0.05) is 11.0 Å². The third-order valence-corrected chi connectivity index (χ3v) is 4.41. The topological polar surface area (TPSA) is 53.7 Å². The highest BCUT2D eigenvalue weighted by Crippen LogP contribution is 2.37. The fourth-order valence-corrected chi connectivity index (χ4v) is 2.17. The van der Waals surface area contributed by atoms with Crippen LogP contribution in [0.15, 0.2) is 24.3 Å². The van der Waals surface area contributed by atoms with Gasteiger partial charge in [-0.1, -0.05) is 11.6 Å². The van der Waals surface area contributed by atoms with Crippen molar-refractivity contribution in [2.24, 2.45) is 5.73 Å². The summed E-state index contributed by atoms with van der Waals surface area (Å²) in [6, 6.07) is 7.27. The van der Waals surface area contributed by atoms with Crippen LogP contribution in [0.25, 0.3) is 0 Å². The lowest BCUT2D eigenvalue weighted by Crippen LogP contribution is -2.42. The molecule has 7 heteroatoms. The number of rotatable bonds is 5.